The van der Waals surface area contributed by atoms with Gasteiger partial charge in [-0.2, -0.15) is 0 Å². The average molecular weight is 169 g/mol. The van der Waals surface area contributed by atoms with Crippen LogP contribution in [0.5, 0.6) is 0 Å². The molecular weight excluding hydrogens is 150 g/mol. The molecule has 0 saturated heterocycles. The monoisotopic (exact) mass is 169 g/mol. The maximum Gasteiger partial charge on any atom is 0.0613 e. The van der Waals surface area contributed by atoms with Crippen molar-refractivity contribution < 1.29 is 5.11 Å². The highest BCUT2D eigenvalue weighted by atomic mass is 16.3. The van der Waals surface area contributed by atoms with Gasteiger partial charge in [0.25, 0.3) is 0 Å². The van der Waals surface area contributed by atoms with Gasteiger partial charge in [-0.25, -0.2) is 0 Å². The van der Waals surface area contributed by atoms with E-state index in [4.69, 9.17) is 5.73 Å². The number of aliphatic hydroxyl groups excluding tert-OH is 1. The molecule has 3 saturated carbocycles. The summed E-state index contributed by atoms with van der Waals surface area (Å²) in [7, 11) is 0. The van der Waals surface area contributed by atoms with E-state index in [1.54, 1.807) is 0 Å². The number of hydrogen-bond acceptors (Lipinski definition) is 2. The fourth-order valence-corrected chi connectivity index (χ4v) is 3.10. The Labute approximate surface area is 74.1 Å². The predicted molar refractivity (Wildman–Crippen MR) is 48.5 cm³/mol. The average Bonchev–Trinajstić information content (AvgIpc) is 2.03. The molecule has 2 bridgehead atoms. The van der Waals surface area contributed by atoms with E-state index < -0.39 is 0 Å². The maximum atomic E-state index is 9.93. The summed E-state index contributed by atoms with van der Waals surface area (Å²) >= 11 is 0. The van der Waals surface area contributed by atoms with Crippen molar-refractivity contribution in [2.24, 2.45) is 28.9 Å². The van der Waals surface area contributed by atoms with Gasteiger partial charge in [-0.15, -0.1) is 0 Å². The Balaban J connectivity index is 2.11. The third-order valence-corrected chi connectivity index (χ3v) is 4.33. The van der Waals surface area contributed by atoms with Crippen LogP contribution < -0.4 is 5.73 Å². The van der Waals surface area contributed by atoms with Crippen LogP contribution in [0.25, 0.3) is 0 Å². The first-order chi connectivity index (χ1) is 5.57. The van der Waals surface area contributed by atoms with Gasteiger partial charge in [0.1, 0.15) is 0 Å². The van der Waals surface area contributed by atoms with Crippen molar-refractivity contribution in [1.82, 2.24) is 0 Å². The smallest absolute Gasteiger partial charge is 0.0613 e. The molecule has 2 nitrogen and oxygen atoms in total. The van der Waals surface area contributed by atoms with E-state index in [9.17, 15) is 5.11 Å². The zero-order valence-electron chi connectivity index (χ0n) is 7.96. The lowest BCUT2D eigenvalue weighted by atomic mass is 9.45. The second kappa shape index (κ2) is 2.46. The summed E-state index contributed by atoms with van der Waals surface area (Å²) in [4.78, 5) is 0. The Morgan fingerprint density at radius 1 is 1.42 bits per heavy atom. The van der Waals surface area contributed by atoms with Crippen molar-refractivity contribution in [3.63, 3.8) is 0 Å². The van der Waals surface area contributed by atoms with Gasteiger partial charge in [0, 0.05) is 0 Å². The predicted octanol–water partition coefficient (Wildman–Crippen LogP) is 0.988. The molecule has 12 heavy (non-hydrogen) atoms. The minimum absolute atomic E-state index is 0.130. The maximum absolute atomic E-state index is 9.93. The van der Waals surface area contributed by atoms with Gasteiger partial charge in [0.15, 0.2) is 0 Å². The van der Waals surface area contributed by atoms with Crippen molar-refractivity contribution in [2.75, 3.05) is 6.54 Å². The Hall–Kier alpha value is -0.0800. The van der Waals surface area contributed by atoms with Crippen LogP contribution in [-0.2, 0) is 0 Å². The number of rotatable bonds is 1. The van der Waals surface area contributed by atoms with Crippen LogP contribution in [0.1, 0.15) is 26.7 Å². The summed E-state index contributed by atoms with van der Waals surface area (Å²) in [6.45, 7) is 5.22. The molecule has 3 aliphatic carbocycles. The van der Waals surface area contributed by atoms with Gasteiger partial charge in [-0.3, -0.25) is 0 Å². The molecule has 0 aromatic rings. The number of aliphatic hydroxyl groups is 1. The molecule has 2 heteroatoms. The Morgan fingerprint density at radius 3 is 2.50 bits per heavy atom. The SMILES string of the molecule is CC1(C)[C@H]2C[C@H](CN)[C@@H](O)[C@@H]1C2. The van der Waals surface area contributed by atoms with Crippen molar-refractivity contribution in [3.8, 4) is 0 Å². The van der Waals surface area contributed by atoms with Gasteiger partial charge in [-0.1, -0.05) is 13.8 Å². The molecule has 0 heterocycles. The van der Waals surface area contributed by atoms with Gasteiger partial charge in [0.05, 0.1) is 6.10 Å². The van der Waals surface area contributed by atoms with E-state index in [2.05, 4.69) is 13.8 Å². The highest BCUT2D eigenvalue weighted by molar-refractivity contribution is 5.06. The largest absolute Gasteiger partial charge is 0.392 e. The minimum Gasteiger partial charge on any atom is -0.392 e. The van der Waals surface area contributed by atoms with Crippen molar-refractivity contribution in [3.05, 3.63) is 0 Å². The Morgan fingerprint density at radius 2 is 2.08 bits per heavy atom. The number of hydrogen-bond donors (Lipinski definition) is 2. The first-order valence-electron chi connectivity index (χ1n) is 4.95. The first-order valence-corrected chi connectivity index (χ1v) is 4.95. The van der Waals surface area contributed by atoms with Crippen LogP contribution in [0.2, 0.25) is 0 Å². The zero-order valence-corrected chi connectivity index (χ0v) is 7.96. The first kappa shape index (κ1) is 8.52. The summed E-state index contributed by atoms with van der Waals surface area (Å²) in [6, 6.07) is 0. The highest BCUT2D eigenvalue weighted by Gasteiger charge is 2.56. The van der Waals surface area contributed by atoms with Crippen LogP contribution >= 0.6 is 0 Å². The van der Waals surface area contributed by atoms with Crippen LogP contribution in [0.15, 0.2) is 0 Å². The molecule has 0 amide bonds. The van der Waals surface area contributed by atoms with E-state index in [1.165, 1.54) is 6.42 Å². The van der Waals surface area contributed by atoms with E-state index in [0.717, 1.165) is 12.3 Å². The number of nitrogens with two attached hydrogens (primary N) is 1. The van der Waals surface area contributed by atoms with Gasteiger partial charge in [0.2, 0.25) is 0 Å². The molecule has 0 unspecified atom stereocenters. The lowest BCUT2D eigenvalue weighted by Gasteiger charge is -2.61. The molecule has 0 radical (unpaired) electrons. The van der Waals surface area contributed by atoms with Crippen molar-refractivity contribution in [2.45, 2.75) is 32.8 Å². The fraction of sp³-hybridized carbons (Fsp3) is 1.00. The molecule has 0 aromatic heterocycles. The van der Waals surface area contributed by atoms with E-state index >= 15 is 0 Å². The van der Waals surface area contributed by atoms with Crippen molar-refractivity contribution >= 4 is 0 Å². The Kier molecular flexibility index (Phi) is 1.74. The molecule has 0 aromatic carbocycles. The quantitative estimate of drug-likeness (QED) is 0.615. The summed E-state index contributed by atoms with van der Waals surface area (Å²) in [5, 5.41) is 9.93. The van der Waals surface area contributed by atoms with Crippen LogP contribution in [0.4, 0.5) is 0 Å². The van der Waals surface area contributed by atoms with E-state index in [-0.39, 0.29) is 6.10 Å². The van der Waals surface area contributed by atoms with Gasteiger partial charge in [-0.05, 0) is 42.6 Å². The summed E-state index contributed by atoms with van der Waals surface area (Å²) < 4.78 is 0. The highest BCUT2D eigenvalue weighted by Crippen LogP contribution is 2.60. The summed E-state index contributed by atoms with van der Waals surface area (Å²) in [6.07, 6.45) is 2.24. The van der Waals surface area contributed by atoms with Gasteiger partial charge < -0.3 is 10.8 Å². The molecule has 4 atom stereocenters. The minimum atomic E-state index is -0.130. The summed E-state index contributed by atoms with van der Waals surface area (Å²) in [5.74, 6) is 1.71. The normalized spacial score (nSPS) is 50.0. The lowest BCUT2D eigenvalue weighted by molar-refractivity contribution is -0.167. The molecule has 3 rings (SSSR count). The Bertz CT molecular complexity index is 190. The second-order valence-corrected chi connectivity index (χ2v) is 5.08. The zero-order chi connectivity index (χ0) is 8.93. The molecular formula is C10H19NO. The molecule has 3 aliphatic rings. The van der Waals surface area contributed by atoms with E-state index in [1.807, 2.05) is 0 Å². The summed E-state index contributed by atoms with van der Waals surface area (Å²) in [5.41, 5.74) is 5.99. The standard InChI is InChI=1S/C10H19NO/c1-10(2)7-3-6(5-11)9(12)8(10)4-7/h6-9,12H,3-5,11H2,1-2H3/t6-,7+,8+,9-/m1/s1. The van der Waals surface area contributed by atoms with Crippen molar-refractivity contribution in [1.29, 1.82) is 0 Å². The molecule has 0 spiro atoms. The third-order valence-electron chi connectivity index (χ3n) is 4.33. The van der Waals surface area contributed by atoms with Crippen LogP contribution in [0.3, 0.4) is 0 Å². The second-order valence-electron chi connectivity index (χ2n) is 5.08. The van der Waals surface area contributed by atoms with E-state index in [0.29, 0.717) is 23.8 Å². The third kappa shape index (κ3) is 0.882. The molecule has 3 fully saturated rings. The van der Waals surface area contributed by atoms with Crippen LogP contribution in [0, 0.1) is 23.2 Å². The van der Waals surface area contributed by atoms with Crippen LogP contribution in [-0.4, -0.2) is 17.8 Å². The fourth-order valence-electron chi connectivity index (χ4n) is 3.10. The topological polar surface area (TPSA) is 46.2 Å². The lowest BCUT2D eigenvalue weighted by Crippen LogP contribution is -2.59. The number of fused-ring (bicyclic) bond motifs is 2. The molecule has 0 aliphatic heterocycles. The molecule has 3 N–H and O–H groups in total. The molecule has 70 valence electrons. The van der Waals surface area contributed by atoms with Gasteiger partial charge >= 0.3 is 0 Å².